The minimum absolute atomic E-state index is 0.0952. The van der Waals surface area contributed by atoms with Gasteiger partial charge in [-0.15, -0.1) is 0 Å². The van der Waals surface area contributed by atoms with Crippen LogP contribution in [0.2, 0.25) is 0 Å². The van der Waals surface area contributed by atoms with E-state index < -0.39 is 0 Å². The van der Waals surface area contributed by atoms with Crippen molar-refractivity contribution in [1.82, 2.24) is 4.90 Å². The Morgan fingerprint density at radius 3 is 2.28 bits per heavy atom. The first-order valence-electron chi connectivity index (χ1n) is 7.14. The molecule has 0 amide bonds. The molecule has 0 aliphatic carbocycles. The van der Waals surface area contributed by atoms with Crippen LogP contribution in [0, 0.1) is 0 Å². The quantitative estimate of drug-likeness (QED) is 0.801. The molecule has 2 unspecified atom stereocenters. The minimum Gasteiger partial charge on any atom is -0.323 e. The normalized spacial score (nSPS) is 14.8. The van der Waals surface area contributed by atoms with Crippen LogP contribution >= 0.6 is 0 Å². The molecule has 2 nitrogen and oxygen atoms in total. The topological polar surface area (TPSA) is 29.3 Å². The highest BCUT2D eigenvalue weighted by atomic mass is 15.1. The number of benzene rings is 1. The third-order valence-corrected chi connectivity index (χ3v) is 3.85. The van der Waals surface area contributed by atoms with Crippen LogP contribution in [0.1, 0.15) is 50.8 Å². The highest BCUT2D eigenvalue weighted by Gasteiger charge is 2.18. The third-order valence-electron chi connectivity index (χ3n) is 3.85. The van der Waals surface area contributed by atoms with Crippen LogP contribution in [0.15, 0.2) is 24.3 Å². The summed E-state index contributed by atoms with van der Waals surface area (Å²) in [6.07, 6.45) is 3.56. The number of nitrogens with two attached hydrogens (primary N) is 1. The van der Waals surface area contributed by atoms with Gasteiger partial charge in [0.1, 0.15) is 0 Å². The zero-order chi connectivity index (χ0) is 13.5. The average Bonchev–Trinajstić information content (AvgIpc) is 2.43. The number of rotatable bonds is 7. The summed E-state index contributed by atoms with van der Waals surface area (Å²) in [6, 6.07) is 9.20. The Morgan fingerprint density at radius 1 is 1.17 bits per heavy atom. The molecule has 0 fully saturated rings. The first-order chi connectivity index (χ1) is 8.60. The average molecular weight is 248 g/mol. The van der Waals surface area contributed by atoms with E-state index in [0.29, 0.717) is 6.04 Å². The maximum atomic E-state index is 6.36. The van der Waals surface area contributed by atoms with Crippen molar-refractivity contribution < 1.29 is 0 Å². The van der Waals surface area contributed by atoms with Gasteiger partial charge in [0, 0.05) is 12.1 Å². The van der Waals surface area contributed by atoms with Crippen LogP contribution in [0.3, 0.4) is 0 Å². The van der Waals surface area contributed by atoms with Gasteiger partial charge in [-0.05, 0) is 44.5 Å². The van der Waals surface area contributed by atoms with Gasteiger partial charge in [0.15, 0.2) is 0 Å². The van der Waals surface area contributed by atoms with Crippen LogP contribution in [0.25, 0.3) is 0 Å². The highest BCUT2D eigenvalue weighted by molar-refractivity contribution is 5.25. The molecule has 0 heterocycles. The van der Waals surface area contributed by atoms with Crippen molar-refractivity contribution in [1.29, 1.82) is 0 Å². The van der Waals surface area contributed by atoms with E-state index in [1.807, 2.05) is 0 Å². The number of hydrogen-bond donors (Lipinski definition) is 1. The maximum absolute atomic E-state index is 6.36. The fourth-order valence-electron chi connectivity index (χ4n) is 2.14. The molecular weight excluding hydrogens is 220 g/mol. The summed E-state index contributed by atoms with van der Waals surface area (Å²) in [6.45, 7) is 7.74. The molecule has 18 heavy (non-hydrogen) atoms. The molecule has 2 atom stereocenters. The molecular formula is C16H28N2. The smallest absolute Gasteiger partial charge is 0.0450 e. The van der Waals surface area contributed by atoms with Gasteiger partial charge in [-0.3, -0.25) is 0 Å². The van der Waals surface area contributed by atoms with Crippen molar-refractivity contribution in [2.24, 2.45) is 5.73 Å². The predicted octanol–water partition coefficient (Wildman–Crippen LogP) is 3.37. The first-order valence-corrected chi connectivity index (χ1v) is 7.14. The lowest BCUT2D eigenvalue weighted by Crippen LogP contribution is -2.38. The van der Waals surface area contributed by atoms with E-state index in [2.05, 4.69) is 57.0 Å². The molecule has 0 spiro atoms. The maximum Gasteiger partial charge on any atom is 0.0450 e. The van der Waals surface area contributed by atoms with Gasteiger partial charge in [-0.2, -0.15) is 0 Å². The molecule has 2 heteroatoms. The fraction of sp³-hybridized carbons (Fsp3) is 0.625. The van der Waals surface area contributed by atoms with Gasteiger partial charge < -0.3 is 10.6 Å². The fourth-order valence-corrected chi connectivity index (χ4v) is 2.14. The summed E-state index contributed by atoms with van der Waals surface area (Å²) in [7, 11) is 2.17. The van der Waals surface area contributed by atoms with E-state index in [1.165, 1.54) is 24.0 Å². The molecule has 0 aliphatic rings. The molecule has 0 aliphatic heterocycles. The van der Waals surface area contributed by atoms with Crippen molar-refractivity contribution in [3.05, 3.63) is 35.4 Å². The Balaban J connectivity index is 2.63. The molecule has 0 bridgehead atoms. The highest BCUT2D eigenvalue weighted by Crippen LogP contribution is 2.18. The van der Waals surface area contributed by atoms with Crippen LogP contribution in [-0.4, -0.2) is 24.5 Å². The van der Waals surface area contributed by atoms with Gasteiger partial charge in [0.25, 0.3) is 0 Å². The minimum atomic E-state index is 0.0952. The van der Waals surface area contributed by atoms with E-state index in [9.17, 15) is 0 Å². The van der Waals surface area contributed by atoms with Gasteiger partial charge >= 0.3 is 0 Å². The second-order valence-electron chi connectivity index (χ2n) is 5.20. The molecule has 1 aromatic rings. The third kappa shape index (κ3) is 4.11. The monoisotopic (exact) mass is 248 g/mol. The zero-order valence-corrected chi connectivity index (χ0v) is 12.3. The SMILES string of the molecule is CCCCN(C)C(C)C(N)c1ccc(CC)cc1. The summed E-state index contributed by atoms with van der Waals surface area (Å²) in [5, 5.41) is 0. The van der Waals surface area contributed by atoms with E-state index in [-0.39, 0.29) is 6.04 Å². The van der Waals surface area contributed by atoms with Crippen molar-refractivity contribution in [3.8, 4) is 0 Å². The Hall–Kier alpha value is -0.860. The van der Waals surface area contributed by atoms with E-state index >= 15 is 0 Å². The van der Waals surface area contributed by atoms with Crippen molar-refractivity contribution in [2.45, 2.75) is 52.1 Å². The van der Waals surface area contributed by atoms with Crippen molar-refractivity contribution >= 4 is 0 Å². The Bertz CT molecular complexity index is 331. The predicted molar refractivity (Wildman–Crippen MR) is 79.7 cm³/mol. The second-order valence-corrected chi connectivity index (χ2v) is 5.20. The summed E-state index contributed by atoms with van der Waals surface area (Å²) >= 11 is 0. The molecule has 1 rings (SSSR count). The Kier molecular flexibility index (Phi) is 6.37. The lowest BCUT2D eigenvalue weighted by atomic mass is 9.98. The van der Waals surface area contributed by atoms with Crippen molar-refractivity contribution in [3.63, 3.8) is 0 Å². The summed E-state index contributed by atoms with van der Waals surface area (Å²) in [4.78, 5) is 2.36. The van der Waals surface area contributed by atoms with Crippen molar-refractivity contribution in [2.75, 3.05) is 13.6 Å². The second kappa shape index (κ2) is 7.55. The molecule has 0 aromatic heterocycles. The van der Waals surface area contributed by atoms with Gasteiger partial charge in [0.2, 0.25) is 0 Å². The molecule has 2 N–H and O–H groups in total. The van der Waals surface area contributed by atoms with Crippen LogP contribution in [-0.2, 0) is 6.42 Å². The van der Waals surface area contributed by atoms with Crippen LogP contribution in [0.5, 0.6) is 0 Å². The van der Waals surface area contributed by atoms with E-state index in [1.54, 1.807) is 0 Å². The van der Waals surface area contributed by atoms with E-state index in [4.69, 9.17) is 5.73 Å². The Labute approximate surface area is 112 Å². The van der Waals surface area contributed by atoms with Gasteiger partial charge in [-0.25, -0.2) is 0 Å². The number of aryl methyl sites for hydroxylation is 1. The zero-order valence-electron chi connectivity index (χ0n) is 12.3. The largest absolute Gasteiger partial charge is 0.323 e. The lowest BCUT2D eigenvalue weighted by Gasteiger charge is -2.30. The summed E-state index contributed by atoms with van der Waals surface area (Å²) in [5.41, 5.74) is 8.97. The van der Waals surface area contributed by atoms with Crippen LogP contribution < -0.4 is 5.73 Å². The number of hydrogen-bond acceptors (Lipinski definition) is 2. The number of nitrogens with zero attached hydrogens (tertiary/aromatic N) is 1. The molecule has 0 saturated heterocycles. The van der Waals surface area contributed by atoms with E-state index in [0.717, 1.165) is 13.0 Å². The molecule has 1 aromatic carbocycles. The molecule has 102 valence electrons. The summed E-state index contributed by atoms with van der Waals surface area (Å²) in [5.74, 6) is 0. The first kappa shape index (κ1) is 15.2. The molecule has 0 radical (unpaired) electrons. The Morgan fingerprint density at radius 2 is 1.78 bits per heavy atom. The molecule has 0 saturated carbocycles. The van der Waals surface area contributed by atoms with Crippen LogP contribution in [0.4, 0.5) is 0 Å². The summed E-state index contributed by atoms with van der Waals surface area (Å²) < 4.78 is 0. The number of likely N-dealkylation sites (N-methyl/N-ethyl adjacent to an activating group) is 1. The lowest BCUT2D eigenvalue weighted by molar-refractivity contribution is 0.224. The van der Waals surface area contributed by atoms with Gasteiger partial charge in [0.05, 0.1) is 0 Å². The van der Waals surface area contributed by atoms with Gasteiger partial charge in [-0.1, -0.05) is 44.5 Å². The standard InChI is InChI=1S/C16H28N2/c1-5-7-12-18(4)13(3)16(17)15-10-8-14(6-2)9-11-15/h8-11,13,16H,5-7,12,17H2,1-4H3. The number of unbranched alkanes of at least 4 members (excludes halogenated alkanes) is 1.